The Morgan fingerprint density at radius 3 is 2.28 bits per heavy atom. The predicted molar refractivity (Wildman–Crippen MR) is 131 cm³/mol. The molecule has 0 unspecified atom stereocenters. The fourth-order valence-corrected chi connectivity index (χ4v) is 6.55. The summed E-state index contributed by atoms with van der Waals surface area (Å²) in [6.07, 6.45) is -0.789. The number of carbonyl (C=O) groups is 1. The van der Waals surface area contributed by atoms with Crippen LogP contribution in [0.3, 0.4) is 0 Å². The Bertz CT molecular complexity index is 1230. The predicted octanol–water partition coefficient (Wildman–Crippen LogP) is 2.93. The zero-order valence-electron chi connectivity index (χ0n) is 21.2. The second-order valence-corrected chi connectivity index (χ2v) is 15.2. The number of nitro benzene ring substituents is 1. The molecule has 1 fully saturated rings. The molecule has 36 heavy (non-hydrogen) atoms. The Labute approximate surface area is 212 Å². The van der Waals surface area contributed by atoms with Crippen LogP contribution in [0.5, 0.6) is 0 Å². The smallest absolute Gasteiger partial charge is 0.410 e. The number of benzene rings is 1. The highest BCUT2D eigenvalue weighted by molar-refractivity contribution is 7.93. The summed E-state index contributed by atoms with van der Waals surface area (Å²) in [5, 5.41) is 21.1. The zero-order valence-corrected chi connectivity index (χ0v) is 22.9. The van der Waals surface area contributed by atoms with Gasteiger partial charge in [0.25, 0.3) is 5.69 Å². The van der Waals surface area contributed by atoms with Gasteiger partial charge in [-0.3, -0.25) is 10.1 Å². The molecule has 0 aliphatic carbocycles. The number of halogens is 1. The number of nitrogens with zero attached hydrogens (tertiary/aromatic N) is 3. The molecule has 1 N–H and O–H groups in total. The molecule has 0 aromatic heterocycles. The molecular weight excluding hydrogens is 515 g/mol. The maximum atomic E-state index is 15.0. The molecule has 0 saturated carbocycles. The molecule has 200 valence electrons. The first-order valence-electron chi connectivity index (χ1n) is 10.9. The normalized spacial score (nSPS) is 18.4. The summed E-state index contributed by atoms with van der Waals surface area (Å²) in [7, 11) is -6.36. The van der Waals surface area contributed by atoms with E-state index in [0.29, 0.717) is 0 Å². The second-order valence-electron chi connectivity index (χ2n) is 10.9. The number of ether oxygens (including phenoxy) is 1. The standard InChI is InChI=1S/C22H31FN4O7S2/c1-19(2,3)34-18(28)26-12-22(11-24,13-26)36(32,33)14-21(7,25-35(31)20(4,5)6)16-10-15(27(29)30)8-9-17(16)23/h8-10,25H,12-14H2,1-7H3/t21-,35+/m0/s1. The third-order valence-electron chi connectivity index (χ3n) is 5.45. The number of nitriles is 1. The SMILES string of the molecule is CC(C)(C)OC(=O)N1CC(C#N)(S(=O)(=O)C[C@](C)(N[S@](=O)C(C)(C)C)c2cc([N+](=O)[O-])ccc2F)C1. The van der Waals surface area contributed by atoms with E-state index >= 15 is 0 Å². The van der Waals surface area contributed by atoms with Crippen molar-refractivity contribution in [1.29, 1.82) is 5.26 Å². The van der Waals surface area contributed by atoms with Crippen LogP contribution >= 0.6 is 0 Å². The van der Waals surface area contributed by atoms with Gasteiger partial charge in [0.15, 0.2) is 14.6 Å². The van der Waals surface area contributed by atoms with E-state index in [1.807, 2.05) is 0 Å². The Hall–Kier alpha value is -2.63. The number of carbonyl (C=O) groups excluding carboxylic acids is 1. The van der Waals surface area contributed by atoms with Gasteiger partial charge < -0.3 is 9.64 Å². The van der Waals surface area contributed by atoms with Crippen LogP contribution in [-0.4, -0.2) is 62.5 Å². The molecule has 1 aromatic rings. The molecule has 0 radical (unpaired) electrons. The number of amides is 1. The van der Waals surface area contributed by atoms with E-state index in [9.17, 15) is 37.2 Å². The molecule has 0 spiro atoms. The van der Waals surface area contributed by atoms with Crippen LogP contribution in [-0.2, 0) is 31.1 Å². The number of hydrogen-bond acceptors (Lipinski definition) is 8. The summed E-state index contributed by atoms with van der Waals surface area (Å²) in [5.74, 6) is -1.87. The number of sulfone groups is 1. The van der Waals surface area contributed by atoms with E-state index < -0.39 is 88.4 Å². The first kappa shape index (κ1) is 29.6. The van der Waals surface area contributed by atoms with Crippen LogP contribution in [0.1, 0.15) is 54.0 Å². The number of likely N-dealkylation sites (tertiary alicyclic amines) is 1. The highest BCUT2D eigenvalue weighted by atomic mass is 32.2. The third-order valence-corrected chi connectivity index (χ3v) is 9.70. The van der Waals surface area contributed by atoms with Crippen molar-refractivity contribution in [2.45, 2.75) is 69.1 Å². The summed E-state index contributed by atoms with van der Waals surface area (Å²) in [4.78, 5) is 23.9. The van der Waals surface area contributed by atoms with Crippen molar-refractivity contribution in [1.82, 2.24) is 9.62 Å². The van der Waals surface area contributed by atoms with Crippen molar-refractivity contribution < 1.29 is 31.5 Å². The maximum absolute atomic E-state index is 15.0. The fourth-order valence-electron chi connectivity index (χ4n) is 3.45. The Balaban J connectivity index is 2.51. The summed E-state index contributed by atoms with van der Waals surface area (Å²) in [6, 6.07) is 4.39. The van der Waals surface area contributed by atoms with Gasteiger partial charge in [0, 0.05) is 17.7 Å². The molecule has 1 aliphatic rings. The number of rotatable bonds is 7. The number of nitro groups is 1. The molecule has 14 heteroatoms. The zero-order chi connectivity index (χ0) is 27.9. The van der Waals surface area contributed by atoms with Crippen LogP contribution in [0.25, 0.3) is 0 Å². The Morgan fingerprint density at radius 1 is 1.28 bits per heavy atom. The average Bonchev–Trinajstić information content (AvgIpc) is 2.64. The Morgan fingerprint density at radius 2 is 1.83 bits per heavy atom. The minimum atomic E-state index is -4.44. The van der Waals surface area contributed by atoms with Crippen LogP contribution < -0.4 is 4.72 Å². The summed E-state index contributed by atoms with van der Waals surface area (Å²) in [5.41, 5.74) is -3.65. The highest BCUT2D eigenvalue weighted by Gasteiger charge is 2.58. The third kappa shape index (κ3) is 6.19. The maximum Gasteiger partial charge on any atom is 0.410 e. The minimum absolute atomic E-state index is 0.394. The quantitative estimate of drug-likeness (QED) is 0.403. The lowest BCUT2D eigenvalue weighted by molar-refractivity contribution is -0.385. The molecular formula is C22H31FN4O7S2. The van der Waals surface area contributed by atoms with E-state index in [1.54, 1.807) is 47.6 Å². The largest absolute Gasteiger partial charge is 0.444 e. The number of nitrogens with one attached hydrogen (secondary N) is 1. The van der Waals surface area contributed by atoms with Crippen molar-refractivity contribution in [3.8, 4) is 6.07 Å². The van der Waals surface area contributed by atoms with Crippen molar-refractivity contribution in [3.05, 3.63) is 39.7 Å². The summed E-state index contributed by atoms with van der Waals surface area (Å²) >= 11 is 0. The first-order valence-corrected chi connectivity index (χ1v) is 13.7. The topological polar surface area (TPSA) is 160 Å². The van der Waals surface area contributed by atoms with Gasteiger partial charge in [0.1, 0.15) is 11.4 Å². The lowest BCUT2D eigenvalue weighted by Crippen LogP contribution is -2.68. The first-order chi connectivity index (χ1) is 16.2. The lowest BCUT2D eigenvalue weighted by atomic mass is 9.94. The van der Waals surface area contributed by atoms with Gasteiger partial charge in [0.05, 0.1) is 51.1 Å². The molecule has 1 amide bonds. The molecule has 1 aliphatic heterocycles. The number of hydrogen-bond donors (Lipinski definition) is 1. The van der Waals surface area contributed by atoms with E-state index in [-0.39, 0.29) is 0 Å². The second kappa shape index (κ2) is 9.68. The summed E-state index contributed by atoms with van der Waals surface area (Å²) in [6.45, 7) is 10.0. The van der Waals surface area contributed by atoms with Crippen LogP contribution in [0, 0.1) is 27.3 Å². The van der Waals surface area contributed by atoms with Gasteiger partial charge in [-0.25, -0.2) is 26.5 Å². The van der Waals surface area contributed by atoms with E-state index in [2.05, 4.69) is 4.72 Å². The Kier molecular flexibility index (Phi) is 7.96. The minimum Gasteiger partial charge on any atom is -0.444 e. The van der Waals surface area contributed by atoms with E-state index in [4.69, 9.17) is 4.74 Å². The lowest BCUT2D eigenvalue weighted by Gasteiger charge is -2.46. The van der Waals surface area contributed by atoms with E-state index in [0.717, 1.165) is 23.1 Å². The van der Waals surface area contributed by atoms with Crippen molar-refractivity contribution >= 4 is 32.6 Å². The molecule has 1 heterocycles. The van der Waals surface area contributed by atoms with Gasteiger partial charge >= 0.3 is 6.09 Å². The molecule has 1 aromatic carbocycles. The van der Waals surface area contributed by atoms with Gasteiger partial charge in [-0.2, -0.15) is 5.26 Å². The molecule has 11 nitrogen and oxygen atoms in total. The molecule has 1 saturated heterocycles. The van der Waals surface area contributed by atoms with E-state index in [1.165, 1.54) is 6.92 Å². The van der Waals surface area contributed by atoms with Crippen LogP contribution in [0.4, 0.5) is 14.9 Å². The molecule has 0 bridgehead atoms. The van der Waals surface area contributed by atoms with Crippen LogP contribution in [0.2, 0.25) is 0 Å². The summed E-state index contributed by atoms with van der Waals surface area (Å²) < 4.78 is 60.0. The highest BCUT2D eigenvalue weighted by Crippen LogP contribution is 2.37. The average molecular weight is 547 g/mol. The van der Waals surface area contributed by atoms with Gasteiger partial charge in [-0.1, -0.05) is 0 Å². The molecule has 2 rings (SSSR count). The van der Waals surface area contributed by atoms with Gasteiger partial charge in [-0.15, -0.1) is 0 Å². The van der Waals surface area contributed by atoms with Crippen molar-refractivity contribution in [2.75, 3.05) is 18.8 Å². The number of non-ortho nitro benzene ring substituents is 1. The fraction of sp³-hybridized carbons (Fsp3) is 0.636. The monoisotopic (exact) mass is 546 g/mol. The van der Waals surface area contributed by atoms with Crippen molar-refractivity contribution in [2.24, 2.45) is 0 Å². The van der Waals surface area contributed by atoms with Crippen molar-refractivity contribution in [3.63, 3.8) is 0 Å². The van der Waals surface area contributed by atoms with Gasteiger partial charge in [0.2, 0.25) is 0 Å². The molecule has 2 atom stereocenters. The van der Waals surface area contributed by atoms with Crippen LogP contribution in [0.15, 0.2) is 18.2 Å². The van der Waals surface area contributed by atoms with Gasteiger partial charge in [-0.05, 0) is 54.5 Å².